The molecule has 6 heteroatoms. The van der Waals surface area contributed by atoms with Crippen molar-refractivity contribution < 1.29 is 9.47 Å². The highest BCUT2D eigenvalue weighted by molar-refractivity contribution is 5.80. The van der Waals surface area contributed by atoms with E-state index in [9.17, 15) is 0 Å². The molecule has 1 aliphatic heterocycles. The van der Waals surface area contributed by atoms with E-state index in [4.69, 9.17) is 9.47 Å². The number of guanidine groups is 1. The number of aliphatic imine (C=N–C) groups is 1. The Morgan fingerprint density at radius 3 is 2.74 bits per heavy atom. The lowest BCUT2D eigenvalue weighted by Gasteiger charge is -2.61. The Hall–Kier alpha value is -0.850. The fraction of sp³-hybridized carbons (Fsp3) is 0.941. The van der Waals surface area contributed by atoms with Gasteiger partial charge in [-0.25, -0.2) is 0 Å². The lowest BCUT2D eigenvalue weighted by atomic mass is 9.51. The molecule has 0 radical (unpaired) electrons. The Balaban J connectivity index is 1.41. The molecule has 1 spiro atoms. The zero-order chi connectivity index (χ0) is 16.1. The molecule has 2 N–H and O–H groups in total. The maximum absolute atomic E-state index is 5.92. The summed E-state index contributed by atoms with van der Waals surface area (Å²) in [5.74, 6) is 0.935. The molecule has 3 aliphatic rings. The van der Waals surface area contributed by atoms with Gasteiger partial charge >= 0.3 is 0 Å². The highest BCUT2D eigenvalue weighted by Gasteiger charge is 2.59. The summed E-state index contributed by atoms with van der Waals surface area (Å²) in [7, 11) is 1.86. The molecule has 0 aromatic rings. The zero-order valence-corrected chi connectivity index (χ0v) is 14.6. The molecule has 3 rings (SSSR count). The van der Waals surface area contributed by atoms with Crippen molar-refractivity contribution in [3.05, 3.63) is 0 Å². The van der Waals surface area contributed by atoms with Crippen LogP contribution >= 0.6 is 0 Å². The van der Waals surface area contributed by atoms with Crippen LogP contribution in [0.5, 0.6) is 0 Å². The van der Waals surface area contributed by atoms with Crippen molar-refractivity contribution in [1.82, 2.24) is 15.5 Å². The van der Waals surface area contributed by atoms with Crippen LogP contribution in [0.15, 0.2) is 4.99 Å². The minimum Gasteiger partial charge on any atom is -0.379 e. The van der Waals surface area contributed by atoms with Crippen LogP contribution in [-0.4, -0.2) is 76.1 Å². The Morgan fingerprint density at radius 1 is 1.35 bits per heavy atom. The molecule has 3 fully saturated rings. The fourth-order valence-corrected chi connectivity index (χ4v) is 4.16. The Morgan fingerprint density at radius 2 is 2.13 bits per heavy atom. The molecular formula is C17H32N4O2. The molecule has 2 aliphatic carbocycles. The van der Waals surface area contributed by atoms with Crippen LogP contribution in [-0.2, 0) is 9.47 Å². The van der Waals surface area contributed by atoms with Gasteiger partial charge in [0.05, 0.1) is 19.3 Å². The van der Waals surface area contributed by atoms with Crippen molar-refractivity contribution in [3.8, 4) is 0 Å². The van der Waals surface area contributed by atoms with Gasteiger partial charge in [-0.2, -0.15) is 0 Å². The predicted octanol–water partition coefficient (Wildman–Crippen LogP) is 0.831. The van der Waals surface area contributed by atoms with E-state index in [1.54, 1.807) is 0 Å². The third-order valence-electron chi connectivity index (χ3n) is 5.80. The van der Waals surface area contributed by atoms with E-state index in [2.05, 4.69) is 27.4 Å². The van der Waals surface area contributed by atoms with E-state index in [-0.39, 0.29) is 0 Å². The predicted molar refractivity (Wildman–Crippen MR) is 91.9 cm³/mol. The van der Waals surface area contributed by atoms with Crippen LogP contribution in [0.2, 0.25) is 0 Å². The van der Waals surface area contributed by atoms with Crippen molar-refractivity contribution in [1.29, 1.82) is 0 Å². The number of morpholine rings is 1. The van der Waals surface area contributed by atoms with E-state index in [0.29, 0.717) is 17.6 Å². The van der Waals surface area contributed by atoms with Crippen LogP contribution in [0.3, 0.4) is 0 Å². The van der Waals surface area contributed by atoms with E-state index in [1.807, 2.05) is 7.05 Å². The minimum atomic E-state index is 0.373. The van der Waals surface area contributed by atoms with Crippen molar-refractivity contribution in [2.24, 2.45) is 10.4 Å². The van der Waals surface area contributed by atoms with Crippen molar-refractivity contribution >= 4 is 5.96 Å². The number of nitrogens with one attached hydrogen (secondary N) is 2. The van der Waals surface area contributed by atoms with Crippen LogP contribution in [0.25, 0.3) is 0 Å². The summed E-state index contributed by atoms with van der Waals surface area (Å²) < 4.78 is 11.3. The quantitative estimate of drug-likeness (QED) is 0.560. The molecule has 2 saturated carbocycles. The van der Waals surface area contributed by atoms with Gasteiger partial charge < -0.3 is 20.1 Å². The first-order valence-electron chi connectivity index (χ1n) is 9.17. The largest absolute Gasteiger partial charge is 0.379 e. The maximum Gasteiger partial charge on any atom is 0.191 e. The molecule has 0 aromatic carbocycles. The molecule has 0 bridgehead atoms. The van der Waals surface area contributed by atoms with Gasteiger partial charge in [-0.3, -0.25) is 9.89 Å². The summed E-state index contributed by atoms with van der Waals surface area (Å²) in [6.45, 7) is 8.68. The molecule has 132 valence electrons. The summed E-state index contributed by atoms with van der Waals surface area (Å²) in [5, 5.41) is 7.10. The second-order valence-corrected chi connectivity index (χ2v) is 6.92. The first-order chi connectivity index (χ1) is 11.3. The molecule has 0 amide bonds. The van der Waals surface area contributed by atoms with E-state index < -0.39 is 0 Å². The number of hydrogen-bond acceptors (Lipinski definition) is 4. The molecule has 23 heavy (non-hydrogen) atoms. The number of rotatable bonds is 6. The highest BCUT2D eigenvalue weighted by atomic mass is 16.5. The zero-order valence-electron chi connectivity index (χ0n) is 14.6. The molecule has 6 nitrogen and oxygen atoms in total. The lowest BCUT2D eigenvalue weighted by Crippen LogP contribution is -2.68. The monoisotopic (exact) mass is 324 g/mol. The van der Waals surface area contributed by atoms with Crippen molar-refractivity contribution in [2.45, 2.75) is 44.8 Å². The summed E-state index contributed by atoms with van der Waals surface area (Å²) in [6.07, 6.45) is 5.48. The maximum atomic E-state index is 5.92. The molecule has 2 atom stereocenters. The number of hydrogen-bond donors (Lipinski definition) is 2. The Bertz CT molecular complexity index is 405. The highest BCUT2D eigenvalue weighted by Crippen LogP contribution is 2.57. The van der Waals surface area contributed by atoms with E-state index in [0.717, 1.165) is 58.4 Å². The summed E-state index contributed by atoms with van der Waals surface area (Å²) in [5.41, 5.74) is 0.373. The molecule has 1 heterocycles. The Labute approximate surface area is 140 Å². The van der Waals surface area contributed by atoms with Gasteiger partial charge in [0.2, 0.25) is 0 Å². The number of ether oxygens (including phenoxy) is 2. The SMILES string of the molecule is CCOC1CC(NC(=NC)NCCN2CCOCC2)C12CCC2. The Kier molecular flexibility index (Phi) is 5.77. The van der Waals surface area contributed by atoms with Gasteiger partial charge in [-0.15, -0.1) is 0 Å². The standard InChI is InChI=1S/C17H32N4O2/c1-3-23-15-13-14(17(15)5-4-6-17)20-16(18-2)19-7-8-21-9-11-22-12-10-21/h14-15H,3-13H2,1-2H3,(H2,18,19,20). The smallest absolute Gasteiger partial charge is 0.191 e. The average molecular weight is 324 g/mol. The second-order valence-electron chi connectivity index (χ2n) is 6.92. The van der Waals surface area contributed by atoms with Gasteiger partial charge in [0.15, 0.2) is 5.96 Å². The van der Waals surface area contributed by atoms with Crippen molar-refractivity contribution in [3.63, 3.8) is 0 Å². The van der Waals surface area contributed by atoms with E-state index in [1.165, 1.54) is 19.3 Å². The molecular weight excluding hydrogens is 292 g/mol. The van der Waals surface area contributed by atoms with Gasteiger partial charge in [-0.05, 0) is 26.2 Å². The van der Waals surface area contributed by atoms with Crippen LogP contribution in [0.1, 0.15) is 32.6 Å². The third kappa shape index (κ3) is 3.64. The molecule has 2 unspecified atom stereocenters. The van der Waals surface area contributed by atoms with Gasteiger partial charge in [0.25, 0.3) is 0 Å². The van der Waals surface area contributed by atoms with Crippen LogP contribution in [0, 0.1) is 5.41 Å². The third-order valence-corrected chi connectivity index (χ3v) is 5.80. The average Bonchev–Trinajstić information content (AvgIpc) is 2.51. The fourth-order valence-electron chi connectivity index (χ4n) is 4.16. The van der Waals surface area contributed by atoms with Crippen LogP contribution in [0.4, 0.5) is 0 Å². The minimum absolute atomic E-state index is 0.373. The second kappa shape index (κ2) is 7.81. The molecule has 0 aromatic heterocycles. The number of nitrogens with zero attached hydrogens (tertiary/aromatic N) is 2. The van der Waals surface area contributed by atoms with Crippen molar-refractivity contribution in [2.75, 3.05) is 53.0 Å². The summed E-state index contributed by atoms with van der Waals surface area (Å²) in [6, 6.07) is 0.516. The molecule has 1 saturated heterocycles. The topological polar surface area (TPSA) is 58.1 Å². The summed E-state index contributed by atoms with van der Waals surface area (Å²) >= 11 is 0. The van der Waals surface area contributed by atoms with Gasteiger partial charge in [0.1, 0.15) is 0 Å². The normalized spacial score (nSPS) is 30.6. The van der Waals surface area contributed by atoms with Crippen LogP contribution < -0.4 is 10.6 Å². The van der Waals surface area contributed by atoms with E-state index >= 15 is 0 Å². The van der Waals surface area contributed by atoms with Gasteiger partial charge in [0, 0.05) is 51.3 Å². The first-order valence-corrected chi connectivity index (χ1v) is 9.17. The first kappa shape index (κ1) is 17.0. The van der Waals surface area contributed by atoms with Gasteiger partial charge in [-0.1, -0.05) is 6.42 Å². The lowest BCUT2D eigenvalue weighted by molar-refractivity contribution is -0.168. The summed E-state index contributed by atoms with van der Waals surface area (Å²) in [4.78, 5) is 6.83.